The van der Waals surface area contributed by atoms with Gasteiger partial charge in [-0.25, -0.2) is 4.79 Å². The van der Waals surface area contributed by atoms with E-state index < -0.39 is 5.97 Å². The molecule has 1 rings (SSSR count). The molecule has 1 aromatic rings. The molecule has 6 nitrogen and oxygen atoms in total. The fraction of sp³-hybridized carbons (Fsp3) is 0.462. The van der Waals surface area contributed by atoms with Crippen LogP contribution in [0.25, 0.3) is 0 Å². The number of aromatic nitrogens is 1. The number of rotatable bonds is 6. The number of amides is 2. The number of urea groups is 1. The van der Waals surface area contributed by atoms with Crippen LogP contribution in [0.2, 0.25) is 0 Å². The summed E-state index contributed by atoms with van der Waals surface area (Å²) in [5.41, 5.74) is 0.962. The van der Waals surface area contributed by atoms with Crippen molar-refractivity contribution in [3.8, 4) is 0 Å². The highest BCUT2D eigenvalue weighted by Crippen LogP contribution is 2.09. The van der Waals surface area contributed by atoms with E-state index in [4.69, 9.17) is 5.11 Å². The van der Waals surface area contributed by atoms with Crippen molar-refractivity contribution >= 4 is 12.0 Å². The average molecular weight is 265 g/mol. The van der Waals surface area contributed by atoms with Gasteiger partial charge in [0.15, 0.2) is 0 Å². The fourth-order valence-corrected chi connectivity index (χ4v) is 1.62. The van der Waals surface area contributed by atoms with Gasteiger partial charge in [0, 0.05) is 25.4 Å². The van der Waals surface area contributed by atoms with Crippen LogP contribution in [0.3, 0.4) is 0 Å². The average Bonchev–Trinajstić information content (AvgIpc) is 2.36. The summed E-state index contributed by atoms with van der Waals surface area (Å²) in [5.74, 6) is -0.959. The number of hydrogen-bond acceptors (Lipinski definition) is 3. The van der Waals surface area contributed by atoms with Gasteiger partial charge in [-0.05, 0) is 30.5 Å². The maximum absolute atomic E-state index is 11.6. The lowest BCUT2D eigenvalue weighted by Gasteiger charge is -2.16. The molecule has 0 aromatic carbocycles. The van der Waals surface area contributed by atoms with Gasteiger partial charge in [0.05, 0.1) is 6.04 Å². The van der Waals surface area contributed by atoms with Crippen molar-refractivity contribution in [2.75, 3.05) is 6.54 Å². The summed E-state index contributed by atoms with van der Waals surface area (Å²) in [6.45, 7) is 3.98. The maximum Gasteiger partial charge on any atom is 0.315 e. The molecule has 0 aliphatic carbocycles. The van der Waals surface area contributed by atoms with Gasteiger partial charge >= 0.3 is 12.0 Å². The zero-order valence-electron chi connectivity index (χ0n) is 11.1. The minimum Gasteiger partial charge on any atom is -0.481 e. The van der Waals surface area contributed by atoms with Crippen LogP contribution in [0.15, 0.2) is 24.5 Å². The van der Waals surface area contributed by atoms with Crippen LogP contribution in [0.4, 0.5) is 4.79 Å². The van der Waals surface area contributed by atoms with Crippen molar-refractivity contribution in [1.82, 2.24) is 15.6 Å². The third-order valence-corrected chi connectivity index (χ3v) is 2.69. The van der Waals surface area contributed by atoms with E-state index in [0.717, 1.165) is 5.56 Å². The third kappa shape index (κ3) is 5.85. The first kappa shape index (κ1) is 14.9. The molecule has 2 unspecified atom stereocenters. The highest BCUT2D eigenvalue weighted by Gasteiger charge is 2.11. The molecule has 0 bridgehead atoms. The standard InChI is InChI=1S/C13H19N3O3/c1-9(7-12(17)18)8-15-13(19)16-10(2)11-3-5-14-6-4-11/h3-6,9-10H,7-8H2,1-2H3,(H,17,18)(H2,15,16,19). The Balaban J connectivity index is 2.33. The van der Waals surface area contributed by atoms with Gasteiger partial charge in [-0.3, -0.25) is 9.78 Å². The Kier molecular flexibility index (Phi) is 5.78. The van der Waals surface area contributed by atoms with E-state index >= 15 is 0 Å². The van der Waals surface area contributed by atoms with Crippen LogP contribution in [0.1, 0.15) is 31.9 Å². The van der Waals surface area contributed by atoms with Gasteiger partial charge in [-0.15, -0.1) is 0 Å². The molecule has 0 aliphatic heterocycles. The second-order valence-corrected chi connectivity index (χ2v) is 4.56. The monoisotopic (exact) mass is 265 g/mol. The van der Waals surface area contributed by atoms with E-state index in [1.807, 2.05) is 19.1 Å². The van der Waals surface area contributed by atoms with Crippen molar-refractivity contribution in [3.05, 3.63) is 30.1 Å². The molecule has 2 amide bonds. The lowest BCUT2D eigenvalue weighted by molar-refractivity contribution is -0.137. The third-order valence-electron chi connectivity index (χ3n) is 2.69. The van der Waals surface area contributed by atoms with Crippen molar-refractivity contribution < 1.29 is 14.7 Å². The van der Waals surface area contributed by atoms with Crippen molar-refractivity contribution in [2.45, 2.75) is 26.3 Å². The molecule has 0 aliphatic rings. The number of carbonyl (C=O) groups is 2. The number of carboxylic acid groups (broad SMARTS) is 1. The van der Waals surface area contributed by atoms with Crippen molar-refractivity contribution in [1.29, 1.82) is 0 Å². The lowest BCUT2D eigenvalue weighted by atomic mass is 10.1. The van der Waals surface area contributed by atoms with E-state index in [9.17, 15) is 9.59 Å². The Hall–Kier alpha value is -2.11. The largest absolute Gasteiger partial charge is 0.481 e. The summed E-state index contributed by atoms with van der Waals surface area (Å²) in [4.78, 5) is 26.0. The molecule has 0 spiro atoms. The molecular formula is C13H19N3O3. The first-order valence-electron chi connectivity index (χ1n) is 6.15. The van der Waals surface area contributed by atoms with Crippen LogP contribution in [-0.2, 0) is 4.79 Å². The van der Waals surface area contributed by atoms with E-state index in [1.165, 1.54) is 0 Å². The normalized spacial score (nSPS) is 13.4. The summed E-state index contributed by atoms with van der Waals surface area (Å²) in [7, 11) is 0. The van der Waals surface area contributed by atoms with Gasteiger partial charge in [0.25, 0.3) is 0 Å². The number of nitrogens with zero attached hydrogens (tertiary/aromatic N) is 1. The Morgan fingerprint density at radius 3 is 2.53 bits per heavy atom. The Morgan fingerprint density at radius 1 is 1.32 bits per heavy atom. The zero-order valence-corrected chi connectivity index (χ0v) is 11.1. The molecule has 104 valence electrons. The molecule has 2 atom stereocenters. The molecule has 0 radical (unpaired) electrons. The summed E-state index contributed by atoms with van der Waals surface area (Å²) in [6, 6.07) is 3.23. The predicted molar refractivity (Wildman–Crippen MR) is 70.6 cm³/mol. The zero-order chi connectivity index (χ0) is 14.3. The summed E-state index contributed by atoms with van der Waals surface area (Å²) < 4.78 is 0. The van der Waals surface area contributed by atoms with Gasteiger partial charge < -0.3 is 15.7 Å². The smallest absolute Gasteiger partial charge is 0.315 e. The second-order valence-electron chi connectivity index (χ2n) is 4.56. The molecule has 19 heavy (non-hydrogen) atoms. The number of hydrogen-bond donors (Lipinski definition) is 3. The van der Waals surface area contributed by atoms with Gasteiger partial charge in [0.1, 0.15) is 0 Å². The lowest BCUT2D eigenvalue weighted by Crippen LogP contribution is -2.39. The van der Waals surface area contributed by atoms with E-state index in [2.05, 4.69) is 15.6 Å². The van der Waals surface area contributed by atoms with Gasteiger partial charge in [-0.1, -0.05) is 6.92 Å². The number of pyridine rings is 1. The van der Waals surface area contributed by atoms with Crippen LogP contribution >= 0.6 is 0 Å². The minimum absolute atomic E-state index is 0.0419. The predicted octanol–water partition coefficient (Wildman–Crippen LogP) is 1.55. The maximum atomic E-state index is 11.6. The summed E-state index contributed by atoms with van der Waals surface area (Å²) in [5, 5.41) is 14.0. The first-order chi connectivity index (χ1) is 8.99. The molecule has 0 saturated heterocycles. The van der Waals surface area contributed by atoms with Crippen LogP contribution < -0.4 is 10.6 Å². The number of aliphatic carboxylic acids is 1. The molecule has 6 heteroatoms. The Labute approximate surface area is 112 Å². The highest BCUT2D eigenvalue weighted by atomic mass is 16.4. The number of nitrogens with one attached hydrogen (secondary N) is 2. The van der Waals surface area contributed by atoms with Gasteiger partial charge in [0.2, 0.25) is 0 Å². The van der Waals surface area contributed by atoms with E-state index in [1.54, 1.807) is 19.3 Å². The van der Waals surface area contributed by atoms with Crippen molar-refractivity contribution in [2.24, 2.45) is 5.92 Å². The van der Waals surface area contributed by atoms with Crippen molar-refractivity contribution in [3.63, 3.8) is 0 Å². The second kappa shape index (κ2) is 7.35. The summed E-state index contributed by atoms with van der Waals surface area (Å²) in [6.07, 6.45) is 3.38. The number of carbonyl (C=O) groups excluding carboxylic acids is 1. The molecule has 3 N–H and O–H groups in total. The van der Waals surface area contributed by atoms with E-state index in [-0.39, 0.29) is 24.4 Å². The first-order valence-corrected chi connectivity index (χ1v) is 6.15. The summed E-state index contributed by atoms with van der Waals surface area (Å²) >= 11 is 0. The van der Waals surface area contributed by atoms with Crippen LogP contribution in [-0.4, -0.2) is 28.6 Å². The minimum atomic E-state index is -0.861. The van der Waals surface area contributed by atoms with E-state index in [0.29, 0.717) is 6.54 Å². The van der Waals surface area contributed by atoms with Gasteiger partial charge in [-0.2, -0.15) is 0 Å². The molecular weight excluding hydrogens is 246 g/mol. The number of carboxylic acids is 1. The quantitative estimate of drug-likeness (QED) is 0.727. The molecule has 1 heterocycles. The SMILES string of the molecule is CC(CNC(=O)NC(C)c1ccncc1)CC(=O)O. The molecule has 0 fully saturated rings. The highest BCUT2D eigenvalue weighted by molar-refractivity contribution is 5.74. The Bertz CT molecular complexity index is 422. The van der Waals surface area contributed by atoms with Crippen LogP contribution in [0, 0.1) is 5.92 Å². The Morgan fingerprint density at radius 2 is 1.95 bits per heavy atom. The fourth-order valence-electron chi connectivity index (χ4n) is 1.62. The van der Waals surface area contributed by atoms with Crippen LogP contribution in [0.5, 0.6) is 0 Å². The molecule has 0 saturated carbocycles. The topological polar surface area (TPSA) is 91.3 Å². The molecule has 1 aromatic heterocycles.